The van der Waals surface area contributed by atoms with Crippen molar-refractivity contribution in [1.29, 1.82) is 0 Å². The monoisotopic (exact) mass is 280 g/mol. The molecule has 0 aliphatic heterocycles. The third-order valence-corrected chi connectivity index (χ3v) is 2.62. The molecule has 0 heterocycles. The summed E-state index contributed by atoms with van der Waals surface area (Å²) in [6, 6.07) is 4.75. The van der Waals surface area contributed by atoms with E-state index in [1.54, 1.807) is 32.9 Å². The average molecular weight is 280 g/mol. The zero-order chi connectivity index (χ0) is 15.3. The molecule has 1 aromatic carbocycles. The van der Waals surface area contributed by atoms with E-state index in [4.69, 9.17) is 9.47 Å². The Morgan fingerprint density at radius 3 is 2.10 bits per heavy atom. The first kappa shape index (κ1) is 15.8. The van der Waals surface area contributed by atoms with Gasteiger partial charge in [0.25, 0.3) is 5.91 Å². The number of benzene rings is 1. The molecule has 6 heteroatoms. The third kappa shape index (κ3) is 3.88. The quantitative estimate of drug-likeness (QED) is 0.823. The Balaban J connectivity index is 2.76. The number of carbonyl (C=O) groups excluding carboxylic acids is 2. The fourth-order valence-corrected chi connectivity index (χ4v) is 1.35. The molecular weight excluding hydrogens is 260 g/mol. The average Bonchev–Trinajstić information content (AvgIpc) is 2.42. The van der Waals surface area contributed by atoms with Gasteiger partial charge in [-0.05, 0) is 18.2 Å². The number of carbonyl (C=O) groups is 2. The zero-order valence-electron chi connectivity index (χ0n) is 12.4. The lowest BCUT2D eigenvalue weighted by atomic mass is 9.96. The van der Waals surface area contributed by atoms with Crippen LogP contribution in [0.15, 0.2) is 18.2 Å². The van der Waals surface area contributed by atoms with Gasteiger partial charge in [0.15, 0.2) is 11.5 Å². The molecule has 6 nitrogen and oxygen atoms in total. The number of amides is 2. The van der Waals surface area contributed by atoms with Crippen molar-refractivity contribution in [3.63, 3.8) is 0 Å². The summed E-state index contributed by atoms with van der Waals surface area (Å²) in [5.74, 6) is 0.278. The Kier molecular flexibility index (Phi) is 4.96. The maximum Gasteiger partial charge on any atom is 0.269 e. The molecule has 110 valence electrons. The molecule has 0 unspecified atom stereocenters. The van der Waals surface area contributed by atoms with Crippen LogP contribution in [0.5, 0.6) is 11.5 Å². The van der Waals surface area contributed by atoms with Crippen molar-refractivity contribution in [2.24, 2.45) is 5.41 Å². The van der Waals surface area contributed by atoms with Crippen molar-refractivity contribution < 1.29 is 19.1 Å². The maximum atomic E-state index is 11.9. The number of hydrazine groups is 1. The molecule has 2 N–H and O–H groups in total. The second-order valence-corrected chi connectivity index (χ2v) is 5.23. The number of hydrogen-bond donors (Lipinski definition) is 2. The lowest BCUT2D eigenvalue weighted by molar-refractivity contribution is -0.129. The highest BCUT2D eigenvalue weighted by Gasteiger charge is 2.21. The predicted molar refractivity (Wildman–Crippen MR) is 74.6 cm³/mol. The third-order valence-electron chi connectivity index (χ3n) is 2.62. The maximum absolute atomic E-state index is 11.9. The Morgan fingerprint density at radius 2 is 1.60 bits per heavy atom. The minimum Gasteiger partial charge on any atom is -0.493 e. The summed E-state index contributed by atoms with van der Waals surface area (Å²) in [6.07, 6.45) is 0. The normalized spacial score (nSPS) is 10.7. The summed E-state index contributed by atoms with van der Waals surface area (Å²) >= 11 is 0. The molecule has 2 amide bonds. The van der Waals surface area contributed by atoms with Gasteiger partial charge in [0.2, 0.25) is 5.91 Å². The van der Waals surface area contributed by atoms with Gasteiger partial charge in [-0.25, -0.2) is 0 Å². The smallest absolute Gasteiger partial charge is 0.269 e. The number of hydrogen-bond acceptors (Lipinski definition) is 4. The van der Waals surface area contributed by atoms with Crippen LogP contribution in [0, 0.1) is 5.41 Å². The number of rotatable bonds is 3. The molecule has 0 saturated carbocycles. The highest BCUT2D eigenvalue weighted by atomic mass is 16.5. The summed E-state index contributed by atoms with van der Waals surface area (Å²) in [7, 11) is 3.00. The van der Waals surface area contributed by atoms with E-state index in [1.165, 1.54) is 20.3 Å². The number of methoxy groups -OCH3 is 2. The highest BCUT2D eigenvalue weighted by molar-refractivity contribution is 5.96. The number of ether oxygens (including phenoxy) is 2. The zero-order valence-corrected chi connectivity index (χ0v) is 12.4. The van der Waals surface area contributed by atoms with E-state index in [0.717, 1.165) is 0 Å². The van der Waals surface area contributed by atoms with Gasteiger partial charge < -0.3 is 9.47 Å². The van der Waals surface area contributed by atoms with Crippen molar-refractivity contribution in [2.75, 3.05) is 14.2 Å². The van der Waals surface area contributed by atoms with E-state index >= 15 is 0 Å². The predicted octanol–water partition coefficient (Wildman–Crippen LogP) is 1.51. The summed E-state index contributed by atoms with van der Waals surface area (Å²) in [4.78, 5) is 23.6. The minimum absolute atomic E-state index is 0.272. The first-order valence-corrected chi connectivity index (χ1v) is 6.12. The van der Waals surface area contributed by atoms with Crippen molar-refractivity contribution >= 4 is 11.8 Å². The van der Waals surface area contributed by atoms with Crippen LogP contribution in [0.3, 0.4) is 0 Å². The van der Waals surface area contributed by atoms with Crippen LogP contribution in [-0.4, -0.2) is 26.0 Å². The largest absolute Gasteiger partial charge is 0.493 e. The molecule has 1 aromatic rings. The van der Waals surface area contributed by atoms with Crippen LogP contribution in [-0.2, 0) is 4.79 Å². The molecule has 0 radical (unpaired) electrons. The van der Waals surface area contributed by atoms with Gasteiger partial charge in [0, 0.05) is 11.0 Å². The van der Waals surface area contributed by atoms with Gasteiger partial charge >= 0.3 is 0 Å². The summed E-state index contributed by atoms with van der Waals surface area (Å²) in [5, 5.41) is 0. The lowest BCUT2D eigenvalue weighted by Crippen LogP contribution is -2.46. The summed E-state index contributed by atoms with van der Waals surface area (Å²) < 4.78 is 10.2. The van der Waals surface area contributed by atoms with Gasteiger partial charge in [0.05, 0.1) is 14.2 Å². The lowest BCUT2D eigenvalue weighted by Gasteiger charge is -2.18. The first-order chi connectivity index (χ1) is 9.29. The van der Waals surface area contributed by atoms with Gasteiger partial charge in [-0.1, -0.05) is 20.8 Å². The second kappa shape index (κ2) is 6.27. The van der Waals surface area contributed by atoms with Crippen LogP contribution in [0.4, 0.5) is 0 Å². The molecule has 0 spiro atoms. The topological polar surface area (TPSA) is 76.7 Å². The molecule has 0 fully saturated rings. The second-order valence-electron chi connectivity index (χ2n) is 5.23. The van der Waals surface area contributed by atoms with E-state index in [2.05, 4.69) is 10.9 Å². The molecule has 0 aromatic heterocycles. The van der Waals surface area contributed by atoms with Gasteiger partial charge in [-0.15, -0.1) is 0 Å². The Morgan fingerprint density at radius 1 is 1.00 bits per heavy atom. The molecule has 0 bridgehead atoms. The van der Waals surface area contributed by atoms with Crippen molar-refractivity contribution in [3.8, 4) is 11.5 Å². The highest BCUT2D eigenvalue weighted by Crippen LogP contribution is 2.27. The standard InChI is InChI=1S/C14H20N2O4/c1-14(2,3)13(18)16-15-12(17)9-6-7-10(19-4)11(8-9)20-5/h6-8H,1-5H3,(H,15,17)(H,16,18). The SMILES string of the molecule is COc1ccc(C(=O)NNC(=O)C(C)(C)C)cc1OC. The molecule has 20 heavy (non-hydrogen) atoms. The van der Waals surface area contributed by atoms with E-state index in [1.807, 2.05) is 0 Å². The molecule has 0 aliphatic rings. The van der Waals surface area contributed by atoms with Gasteiger partial charge in [0.1, 0.15) is 0 Å². The summed E-state index contributed by atoms with van der Waals surface area (Å²) in [5.41, 5.74) is 4.52. The fourth-order valence-electron chi connectivity index (χ4n) is 1.35. The van der Waals surface area contributed by atoms with Crippen LogP contribution < -0.4 is 20.3 Å². The Hall–Kier alpha value is -2.24. The Bertz CT molecular complexity index is 506. The fraction of sp³-hybridized carbons (Fsp3) is 0.429. The van der Waals surface area contributed by atoms with E-state index < -0.39 is 11.3 Å². The van der Waals surface area contributed by atoms with Crippen molar-refractivity contribution in [2.45, 2.75) is 20.8 Å². The van der Waals surface area contributed by atoms with Crippen LogP contribution >= 0.6 is 0 Å². The van der Waals surface area contributed by atoms with E-state index in [9.17, 15) is 9.59 Å². The molecule has 0 saturated heterocycles. The van der Waals surface area contributed by atoms with E-state index in [0.29, 0.717) is 17.1 Å². The van der Waals surface area contributed by atoms with Crippen LogP contribution in [0.25, 0.3) is 0 Å². The Labute approximate surface area is 118 Å². The molecule has 0 aliphatic carbocycles. The molecule has 1 rings (SSSR count). The van der Waals surface area contributed by atoms with Crippen molar-refractivity contribution in [1.82, 2.24) is 10.9 Å². The minimum atomic E-state index is -0.578. The van der Waals surface area contributed by atoms with Crippen molar-refractivity contribution in [3.05, 3.63) is 23.8 Å². The van der Waals surface area contributed by atoms with E-state index in [-0.39, 0.29) is 5.91 Å². The first-order valence-electron chi connectivity index (χ1n) is 6.12. The summed E-state index contributed by atoms with van der Waals surface area (Å²) in [6.45, 7) is 5.26. The van der Waals surface area contributed by atoms with Gasteiger partial charge in [-0.3, -0.25) is 20.4 Å². The molecular formula is C14H20N2O4. The van der Waals surface area contributed by atoms with Gasteiger partial charge in [-0.2, -0.15) is 0 Å². The number of nitrogens with one attached hydrogen (secondary N) is 2. The van der Waals surface area contributed by atoms with Crippen LogP contribution in [0.2, 0.25) is 0 Å². The molecule has 0 atom stereocenters. The van der Waals surface area contributed by atoms with Crippen LogP contribution in [0.1, 0.15) is 31.1 Å².